The summed E-state index contributed by atoms with van der Waals surface area (Å²) in [4.78, 5) is 28.1. The monoisotopic (exact) mass is 270 g/mol. The van der Waals surface area contributed by atoms with E-state index in [0.29, 0.717) is 12.3 Å². The smallest absolute Gasteiger partial charge is 0.246 e. The number of thioether (sulfide) groups is 1. The van der Waals surface area contributed by atoms with Crippen LogP contribution in [-0.4, -0.2) is 52.4 Å². The first-order valence-corrected chi connectivity index (χ1v) is 8.05. The van der Waals surface area contributed by atoms with Crippen LogP contribution in [0.5, 0.6) is 0 Å². The second-order valence-corrected chi connectivity index (χ2v) is 5.97. The molecule has 2 heterocycles. The molecule has 0 bridgehead atoms. The lowest BCUT2D eigenvalue weighted by Gasteiger charge is -2.28. The van der Waals surface area contributed by atoms with Gasteiger partial charge in [0, 0.05) is 25.3 Å². The summed E-state index contributed by atoms with van der Waals surface area (Å²) in [6.07, 6.45) is 5.15. The van der Waals surface area contributed by atoms with Gasteiger partial charge in [0.05, 0.1) is 5.88 Å². The second-order valence-electron chi connectivity index (χ2n) is 4.97. The molecule has 4 nitrogen and oxygen atoms in total. The van der Waals surface area contributed by atoms with Crippen molar-refractivity contribution >= 4 is 23.6 Å². The van der Waals surface area contributed by atoms with E-state index < -0.39 is 0 Å². The molecule has 102 valence electrons. The third-order valence-corrected chi connectivity index (χ3v) is 4.72. The van der Waals surface area contributed by atoms with Crippen LogP contribution >= 0.6 is 11.8 Å². The van der Waals surface area contributed by atoms with Crippen molar-refractivity contribution in [2.75, 3.05) is 24.7 Å². The van der Waals surface area contributed by atoms with Crippen LogP contribution in [0.3, 0.4) is 0 Å². The van der Waals surface area contributed by atoms with Crippen molar-refractivity contribution in [1.29, 1.82) is 0 Å². The third kappa shape index (κ3) is 2.99. The predicted molar refractivity (Wildman–Crippen MR) is 73.3 cm³/mol. The van der Waals surface area contributed by atoms with Gasteiger partial charge in [0.2, 0.25) is 11.8 Å². The van der Waals surface area contributed by atoms with Gasteiger partial charge in [-0.3, -0.25) is 9.59 Å². The highest BCUT2D eigenvalue weighted by Gasteiger charge is 2.36. The molecule has 0 saturated carbocycles. The van der Waals surface area contributed by atoms with Crippen molar-refractivity contribution in [3.05, 3.63) is 0 Å². The Morgan fingerprint density at radius 3 is 2.44 bits per heavy atom. The summed E-state index contributed by atoms with van der Waals surface area (Å²) in [5, 5.41) is 0. The first-order chi connectivity index (χ1) is 8.74. The molecule has 0 aromatic heterocycles. The van der Waals surface area contributed by atoms with Crippen molar-refractivity contribution in [1.82, 2.24) is 9.80 Å². The summed E-state index contributed by atoms with van der Waals surface area (Å²) in [6.45, 7) is 3.60. The van der Waals surface area contributed by atoms with E-state index in [1.165, 1.54) is 12.8 Å². The zero-order valence-corrected chi connectivity index (χ0v) is 11.9. The van der Waals surface area contributed by atoms with Crippen LogP contribution < -0.4 is 0 Å². The Morgan fingerprint density at radius 1 is 1.17 bits per heavy atom. The molecule has 1 unspecified atom stereocenters. The van der Waals surface area contributed by atoms with E-state index in [1.807, 2.05) is 11.8 Å². The number of hydrogen-bond acceptors (Lipinski definition) is 3. The maximum atomic E-state index is 12.5. The lowest BCUT2D eigenvalue weighted by molar-refractivity contribution is -0.143. The number of likely N-dealkylation sites (tertiary alicyclic amines) is 1. The van der Waals surface area contributed by atoms with E-state index in [-0.39, 0.29) is 17.9 Å². The average molecular weight is 270 g/mol. The number of amides is 2. The second kappa shape index (κ2) is 6.45. The van der Waals surface area contributed by atoms with Crippen LogP contribution in [-0.2, 0) is 9.59 Å². The normalized spacial score (nSPS) is 25.1. The average Bonchev–Trinajstić information content (AvgIpc) is 2.72. The lowest BCUT2D eigenvalue weighted by atomic mass is 10.2. The van der Waals surface area contributed by atoms with Crippen LogP contribution in [0.25, 0.3) is 0 Å². The summed E-state index contributed by atoms with van der Waals surface area (Å²) in [7, 11) is 0. The van der Waals surface area contributed by atoms with Crippen LogP contribution in [0.2, 0.25) is 0 Å². The van der Waals surface area contributed by atoms with Crippen LogP contribution in [0.4, 0.5) is 0 Å². The maximum absolute atomic E-state index is 12.5. The molecule has 2 saturated heterocycles. The van der Waals surface area contributed by atoms with Crippen molar-refractivity contribution in [3.8, 4) is 0 Å². The SMILES string of the molecule is CCC(=O)N1CSCC1C(=O)N1CCCCCC1. The number of carbonyl (C=O) groups is 2. The van der Waals surface area contributed by atoms with Gasteiger partial charge in [0.15, 0.2) is 0 Å². The van der Waals surface area contributed by atoms with Crippen molar-refractivity contribution < 1.29 is 9.59 Å². The van der Waals surface area contributed by atoms with Crippen LogP contribution in [0, 0.1) is 0 Å². The molecule has 0 N–H and O–H groups in total. The Labute approximate surface area is 113 Å². The Bertz CT molecular complexity index is 314. The van der Waals surface area contributed by atoms with Gasteiger partial charge in [-0.05, 0) is 12.8 Å². The van der Waals surface area contributed by atoms with Gasteiger partial charge in [-0.1, -0.05) is 19.8 Å². The zero-order valence-electron chi connectivity index (χ0n) is 11.1. The molecular formula is C13H22N2O2S. The molecule has 2 fully saturated rings. The summed E-state index contributed by atoms with van der Waals surface area (Å²) in [5.74, 6) is 1.72. The minimum Gasteiger partial charge on any atom is -0.341 e. The molecule has 0 aromatic rings. The summed E-state index contributed by atoms with van der Waals surface area (Å²) in [5.41, 5.74) is 0. The van der Waals surface area contributed by atoms with Gasteiger partial charge < -0.3 is 9.80 Å². The first kappa shape index (κ1) is 13.7. The van der Waals surface area contributed by atoms with Gasteiger partial charge in [-0.2, -0.15) is 0 Å². The van der Waals surface area contributed by atoms with E-state index in [0.717, 1.165) is 31.7 Å². The molecule has 2 aliphatic heterocycles. The van der Waals surface area contributed by atoms with E-state index in [9.17, 15) is 9.59 Å². The fourth-order valence-corrected chi connectivity index (χ4v) is 3.77. The first-order valence-electron chi connectivity index (χ1n) is 6.90. The van der Waals surface area contributed by atoms with Gasteiger partial charge in [-0.25, -0.2) is 0 Å². The van der Waals surface area contributed by atoms with Gasteiger partial charge in [0.25, 0.3) is 0 Å². The molecular weight excluding hydrogens is 248 g/mol. The Balaban J connectivity index is 2.00. The summed E-state index contributed by atoms with van der Waals surface area (Å²) in [6, 6.07) is -0.208. The molecule has 0 aromatic carbocycles. The van der Waals surface area contributed by atoms with Gasteiger partial charge in [-0.15, -0.1) is 11.8 Å². The molecule has 5 heteroatoms. The van der Waals surface area contributed by atoms with E-state index in [2.05, 4.69) is 0 Å². The largest absolute Gasteiger partial charge is 0.341 e. The maximum Gasteiger partial charge on any atom is 0.246 e. The molecule has 2 amide bonds. The summed E-state index contributed by atoms with van der Waals surface area (Å²) < 4.78 is 0. The van der Waals surface area contributed by atoms with Crippen LogP contribution in [0.1, 0.15) is 39.0 Å². The van der Waals surface area contributed by atoms with Gasteiger partial charge >= 0.3 is 0 Å². The Kier molecular flexibility index (Phi) is 4.92. The van der Waals surface area contributed by atoms with E-state index >= 15 is 0 Å². The number of hydrogen-bond donors (Lipinski definition) is 0. The Morgan fingerprint density at radius 2 is 1.83 bits per heavy atom. The topological polar surface area (TPSA) is 40.6 Å². The number of carbonyl (C=O) groups excluding carboxylic acids is 2. The van der Waals surface area contributed by atoms with Gasteiger partial charge in [0.1, 0.15) is 6.04 Å². The molecule has 2 aliphatic rings. The highest BCUT2D eigenvalue weighted by atomic mass is 32.2. The third-order valence-electron chi connectivity index (χ3n) is 3.71. The zero-order chi connectivity index (χ0) is 13.0. The molecule has 0 spiro atoms. The standard InChI is InChI=1S/C13H22N2O2S/c1-2-12(16)15-10-18-9-11(15)13(17)14-7-5-3-4-6-8-14/h11H,2-10H2,1H3. The lowest BCUT2D eigenvalue weighted by Crippen LogP contribution is -2.49. The van der Waals surface area contributed by atoms with Crippen LogP contribution in [0.15, 0.2) is 0 Å². The fraction of sp³-hybridized carbons (Fsp3) is 0.846. The van der Waals surface area contributed by atoms with E-state index in [4.69, 9.17) is 0 Å². The molecule has 0 radical (unpaired) electrons. The fourth-order valence-electron chi connectivity index (χ4n) is 2.60. The number of nitrogens with zero attached hydrogens (tertiary/aromatic N) is 2. The molecule has 1 atom stereocenters. The summed E-state index contributed by atoms with van der Waals surface area (Å²) >= 11 is 1.69. The molecule has 2 rings (SSSR count). The quantitative estimate of drug-likeness (QED) is 0.767. The molecule has 0 aliphatic carbocycles. The van der Waals surface area contributed by atoms with Crippen molar-refractivity contribution in [3.63, 3.8) is 0 Å². The molecule has 18 heavy (non-hydrogen) atoms. The highest BCUT2D eigenvalue weighted by molar-refractivity contribution is 7.99. The van der Waals surface area contributed by atoms with Crippen molar-refractivity contribution in [2.24, 2.45) is 0 Å². The predicted octanol–water partition coefficient (Wildman–Crippen LogP) is 1.70. The highest BCUT2D eigenvalue weighted by Crippen LogP contribution is 2.24. The minimum absolute atomic E-state index is 0.105. The van der Waals surface area contributed by atoms with E-state index in [1.54, 1.807) is 16.7 Å². The number of rotatable bonds is 2. The minimum atomic E-state index is -0.208. The van der Waals surface area contributed by atoms with Crippen molar-refractivity contribution in [2.45, 2.75) is 45.1 Å². The Hall–Kier alpha value is -0.710.